The maximum Gasteiger partial charge on any atom is 0.224 e. The summed E-state index contributed by atoms with van der Waals surface area (Å²) in [5, 5.41) is 12.7. The van der Waals surface area contributed by atoms with E-state index in [1.54, 1.807) is 6.07 Å². The number of phenols is 1. The third-order valence-electron chi connectivity index (χ3n) is 3.04. The summed E-state index contributed by atoms with van der Waals surface area (Å²) >= 11 is 5.83. The number of phenolic OH excluding ortho intramolecular Hbond substituents is 1. The predicted octanol–water partition coefficient (Wildman–Crippen LogP) is 4.15. The van der Waals surface area contributed by atoms with Crippen molar-refractivity contribution in [3.63, 3.8) is 0 Å². The fourth-order valence-corrected chi connectivity index (χ4v) is 2.12. The molecule has 2 aromatic carbocycles. The highest BCUT2D eigenvalue weighted by Gasteiger charge is 2.07. The van der Waals surface area contributed by atoms with Crippen LogP contribution in [0.1, 0.15) is 18.4 Å². The van der Waals surface area contributed by atoms with Crippen molar-refractivity contribution in [1.29, 1.82) is 0 Å². The second-order valence-corrected chi connectivity index (χ2v) is 5.41. The first kappa shape index (κ1) is 16.2. The first-order valence-corrected chi connectivity index (χ1v) is 7.40. The summed E-state index contributed by atoms with van der Waals surface area (Å²) in [6.45, 7) is 2.45. The van der Waals surface area contributed by atoms with Crippen LogP contribution in [0.5, 0.6) is 11.5 Å². The van der Waals surface area contributed by atoms with Crippen LogP contribution < -0.4 is 10.1 Å². The standard InChI is InChI=1S/C17H18ClNO3/c1-12-4-2-5-14(10-12)22-9-3-6-17(21)19-15-11-13(18)7-8-16(15)20/h2,4-5,7-8,10-11,20H,3,6,9H2,1H3,(H,19,21). The fourth-order valence-electron chi connectivity index (χ4n) is 1.95. The van der Waals surface area contributed by atoms with Gasteiger partial charge in [0.15, 0.2) is 0 Å². The molecule has 2 rings (SSSR count). The Kier molecular flexibility index (Phi) is 5.67. The summed E-state index contributed by atoms with van der Waals surface area (Å²) in [6, 6.07) is 12.3. The molecule has 2 aromatic rings. The van der Waals surface area contributed by atoms with E-state index in [4.69, 9.17) is 16.3 Å². The number of aryl methyl sites for hydroxylation is 1. The van der Waals surface area contributed by atoms with Crippen molar-refractivity contribution in [1.82, 2.24) is 0 Å². The van der Waals surface area contributed by atoms with Crippen LogP contribution in [-0.4, -0.2) is 17.6 Å². The number of anilines is 1. The molecule has 0 aromatic heterocycles. The van der Waals surface area contributed by atoms with Gasteiger partial charge in [0.25, 0.3) is 0 Å². The topological polar surface area (TPSA) is 58.6 Å². The molecule has 0 fully saturated rings. The molecule has 116 valence electrons. The predicted molar refractivity (Wildman–Crippen MR) is 87.7 cm³/mol. The van der Waals surface area contributed by atoms with Crippen molar-refractivity contribution in [3.05, 3.63) is 53.1 Å². The second-order valence-electron chi connectivity index (χ2n) is 4.98. The Bertz CT molecular complexity index is 658. The number of halogens is 1. The van der Waals surface area contributed by atoms with Crippen LogP contribution >= 0.6 is 11.6 Å². The normalized spacial score (nSPS) is 10.3. The van der Waals surface area contributed by atoms with Crippen molar-refractivity contribution in [2.45, 2.75) is 19.8 Å². The Morgan fingerprint density at radius 1 is 1.27 bits per heavy atom. The molecular formula is C17H18ClNO3. The number of hydrogen-bond acceptors (Lipinski definition) is 3. The van der Waals surface area contributed by atoms with E-state index in [1.165, 1.54) is 12.1 Å². The first-order chi connectivity index (χ1) is 10.5. The molecule has 0 saturated carbocycles. The van der Waals surface area contributed by atoms with Crippen LogP contribution in [0, 0.1) is 6.92 Å². The maximum absolute atomic E-state index is 11.8. The minimum atomic E-state index is -0.189. The zero-order valence-electron chi connectivity index (χ0n) is 12.3. The molecule has 1 amide bonds. The van der Waals surface area contributed by atoms with Gasteiger partial charge in [-0.05, 0) is 49.2 Å². The molecule has 0 aliphatic heterocycles. The van der Waals surface area contributed by atoms with E-state index < -0.39 is 0 Å². The first-order valence-electron chi connectivity index (χ1n) is 7.02. The number of carbonyl (C=O) groups excluding carboxylic acids is 1. The van der Waals surface area contributed by atoms with Gasteiger partial charge in [0.2, 0.25) is 5.91 Å². The molecule has 4 nitrogen and oxygen atoms in total. The fraction of sp³-hybridized carbons (Fsp3) is 0.235. The number of benzene rings is 2. The third-order valence-corrected chi connectivity index (χ3v) is 3.27. The highest BCUT2D eigenvalue weighted by Crippen LogP contribution is 2.26. The SMILES string of the molecule is Cc1cccc(OCCCC(=O)Nc2cc(Cl)ccc2O)c1. The Hall–Kier alpha value is -2.20. The number of nitrogens with one attached hydrogen (secondary N) is 1. The minimum Gasteiger partial charge on any atom is -0.506 e. The number of amides is 1. The number of ether oxygens (including phenoxy) is 1. The molecule has 0 atom stereocenters. The number of hydrogen-bond donors (Lipinski definition) is 2. The molecule has 0 saturated heterocycles. The molecule has 0 heterocycles. The Morgan fingerprint density at radius 2 is 2.09 bits per heavy atom. The molecule has 0 unspecified atom stereocenters. The lowest BCUT2D eigenvalue weighted by Gasteiger charge is -2.09. The van der Waals surface area contributed by atoms with Gasteiger partial charge in [-0.25, -0.2) is 0 Å². The van der Waals surface area contributed by atoms with E-state index in [2.05, 4.69) is 5.32 Å². The quantitative estimate of drug-likeness (QED) is 0.621. The van der Waals surface area contributed by atoms with Crippen molar-refractivity contribution < 1.29 is 14.6 Å². The molecular weight excluding hydrogens is 302 g/mol. The monoisotopic (exact) mass is 319 g/mol. The molecule has 22 heavy (non-hydrogen) atoms. The smallest absolute Gasteiger partial charge is 0.224 e. The molecule has 5 heteroatoms. The van der Waals surface area contributed by atoms with Gasteiger partial charge in [0.05, 0.1) is 12.3 Å². The zero-order valence-corrected chi connectivity index (χ0v) is 13.1. The summed E-state index contributed by atoms with van der Waals surface area (Å²) in [5.41, 5.74) is 1.45. The van der Waals surface area contributed by atoms with Crippen LogP contribution in [0.4, 0.5) is 5.69 Å². The Morgan fingerprint density at radius 3 is 2.86 bits per heavy atom. The highest BCUT2D eigenvalue weighted by atomic mass is 35.5. The number of aromatic hydroxyl groups is 1. The van der Waals surface area contributed by atoms with E-state index in [1.807, 2.05) is 31.2 Å². The summed E-state index contributed by atoms with van der Waals surface area (Å²) in [5.74, 6) is 0.604. The lowest BCUT2D eigenvalue weighted by atomic mass is 10.2. The average molecular weight is 320 g/mol. The van der Waals surface area contributed by atoms with Crippen LogP contribution in [-0.2, 0) is 4.79 Å². The van der Waals surface area contributed by atoms with E-state index >= 15 is 0 Å². The van der Waals surface area contributed by atoms with E-state index in [9.17, 15) is 9.90 Å². The Balaban J connectivity index is 1.75. The molecule has 0 radical (unpaired) electrons. The Labute approximate surface area is 134 Å². The van der Waals surface area contributed by atoms with Crippen molar-refractivity contribution in [3.8, 4) is 11.5 Å². The van der Waals surface area contributed by atoms with Gasteiger partial charge in [-0.2, -0.15) is 0 Å². The number of rotatable bonds is 6. The second kappa shape index (κ2) is 7.71. The van der Waals surface area contributed by atoms with Gasteiger partial charge in [-0.15, -0.1) is 0 Å². The summed E-state index contributed by atoms with van der Waals surface area (Å²) in [7, 11) is 0. The van der Waals surface area contributed by atoms with Gasteiger partial charge >= 0.3 is 0 Å². The molecule has 2 N–H and O–H groups in total. The van der Waals surface area contributed by atoms with Gasteiger partial charge in [-0.1, -0.05) is 23.7 Å². The van der Waals surface area contributed by atoms with Crippen LogP contribution in [0.25, 0.3) is 0 Å². The molecule has 0 bridgehead atoms. The highest BCUT2D eigenvalue weighted by molar-refractivity contribution is 6.31. The maximum atomic E-state index is 11.8. The lowest BCUT2D eigenvalue weighted by Crippen LogP contribution is -2.13. The van der Waals surface area contributed by atoms with Gasteiger partial charge < -0.3 is 15.2 Å². The van der Waals surface area contributed by atoms with Crippen molar-refractivity contribution in [2.75, 3.05) is 11.9 Å². The molecule has 0 aliphatic rings. The molecule has 0 aliphatic carbocycles. The summed E-state index contributed by atoms with van der Waals surface area (Å²) in [4.78, 5) is 11.8. The van der Waals surface area contributed by atoms with Crippen molar-refractivity contribution in [2.24, 2.45) is 0 Å². The number of carbonyl (C=O) groups is 1. The summed E-state index contributed by atoms with van der Waals surface area (Å²) < 4.78 is 5.58. The third kappa shape index (κ3) is 4.97. The van der Waals surface area contributed by atoms with E-state index in [-0.39, 0.29) is 11.7 Å². The molecule has 0 spiro atoms. The van der Waals surface area contributed by atoms with Crippen LogP contribution in [0.15, 0.2) is 42.5 Å². The van der Waals surface area contributed by atoms with Crippen LogP contribution in [0.3, 0.4) is 0 Å². The van der Waals surface area contributed by atoms with Gasteiger partial charge in [-0.3, -0.25) is 4.79 Å². The minimum absolute atomic E-state index is 0.00578. The van der Waals surface area contributed by atoms with Gasteiger partial charge in [0.1, 0.15) is 11.5 Å². The van der Waals surface area contributed by atoms with E-state index in [0.717, 1.165) is 11.3 Å². The summed E-state index contributed by atoms with van der Waals surface area (Å²) in [6.07, 6.45) is 0.888. The van der Waals surface area contributed by atoms with Crippen molar-refractivity contribution >= 4 is 23.2 Å². The largest absolute Gasteiger partial charge is 0.506 e. The van der Waals surface area contributed by atoms with Gasteiger partial charge in [0, 0.05) is 11.4 Å². The average Bonchev–Trinajstić information content (AvgIpc) is 2.48. The lowest BCUT2D eigenvalue weighted by molar-refractivity contribution is -0.116. The van der Waals surface area contributed by atoms with Crippen LogP contribution in [0.2, 0.25) is 5.02 Å². The zero-order chi connectivity index (χ0) is 15.9. The van der Waals surface area contributed by atoms with E-state index in [0.29, 0.717) is 30.2 Å².